The van der Waals surface area contributed by atoms with Gasteiger partial charge in [-0.2, -0.15) is 0 Å². The standard InChI is InChI=1S/C18H29N5O2/c1-14(2)18-19-15(3)12-16(20-18)22-6-4-21(5-7-22)13-17(24)23-8-10-25-11-9-23/h12,14H,4-11,13H2,1-3H3. The monoisotopic (exact) mass is 347 g/mol. The predicted octanol–water partition coefficient (Wildman–Crippen LogP) is 0.889. The molecular formula is C18H29N5O2. The molecule has 1 amide bonds. The Labute approximate surface area is 150 Å². The van der Waals surface area contributed by atoms with E-state index in [1.807, 2.05) is 11.8 Å². The number of aromatic nitrogens is 2. The summed E-state index contributed by atoms with van der Waals surface area (Å²) >= 11 is 0. The lowest BCUT2D eigenvalue weighted by Gasteiger charge is -2.36. The molecule has 7 nitrogen and oxygen atoms in total. The van der Waals surface area contributed by atoms with E-state index in [1.54, 1.807) is 0 Å². The Balaban J connectivity index is 1.54. The van der Waals surface area contributed by atoms with Gasteiger partial charge in [0.05, 0.1) is 19.8 Å². The van der Waals surface area contributed by atoms with Crippen molar-refractivity contribution < 1.29 is 9.53 Å². The van der Waals surface area contributed by atoms with Gasteiger partial charge in [-0.05, 0) is 6.92 Å². The molecule has 0 atom stereocenters. The highest BCUT2D eigenvalue weighted by molar-refractivity contribution is 5.78. The Morgan fingerprint density at radius 3 is 2.44 bits per heavy atom. The molecule has 1 aromatic rings. The van der Waals surface area contributed by atoms with E-state index in [-0.39, 0.29) is 5.91 Å². The molecule has 2 fully saturated rings. The molecule has 7 heteroatoms. The van der Waals surface area contributed by atoms with E-state index in [1.165, 1.54) is 0 Å². The van der Waals surface area contributed by atoms with Crippen LogP contribution < -0.4 is 4.90 Å². The van der Waals surface area contributed by atoms with Crippen molar-refractivity contribution >= 4 is 11.7 Å². The van der Waals surface area contributed by atoms with E-state index >= 15 is 0 Å². The fourth-order valence-electron chi connectivity index (χ4n) is 3.23. The van der Waals surface area contributed by atoms with Gasteiger partial charge in [0, 0.05) is 56.9 Å². The first-order chi connectivity index (χ1) is 12.0. The van der Waals surface area contributed by atoms with Crippen molar-refractivity contribution in [1.82, 2.24) is 19.8 Å². The van der Waals surface area contributed by atoms with Gasteiger partial charge in [-0.1, -0.05) is 13.8 Å². The molecule has 3 heterocycles. The third kappa shape index (κ3) is 4.67. The van der Waals surface area contributed by atoms with Crippen molar-refractivity contribution in [2.75, 3.05) is 63.9 Å². The molecule has 138 valence electrons. The van der Waals surface area contributed by atoms with Crippen molar-refractivity contribution in [2.24, 2.45) is 0 Å². The fraction of sp³-hybridized carbons (Fsp3) is 0.722. The number of piperazine rings is 1. The number of anilines is 1. The number of hydrogen-bond acceptors (Lipinski definition) is 6. The molecule has 0 aliphatic carbocycles. The van der Waals surface area contributed by atoms with Crippen LogP contribution in [0.25, 0.3) is 0 Å². The van der Waals surface area contributed by atoms with Crippen LogP contribution in [0.2, 0.25) is 0 Å². The normalized spacial score (nSPS) is 19.5. The van der Waals surface area contributed by atoms with Gasteiger partial charge in [0.2, 0.25) is 5.91 Å². The van der Waals surface area contributed by atoms with Crippen LogP contribution in [0.15, 0.2) is 6.07 Å². The molecule has 0 spiro atoms. The third-order valence-electron chi connectivity index (χ3n) is 4.79. The molecule has 2 aliphatic rings. The maximum absolute atomic E-state index is 12.4. The lowest BCUT2D eigenvalue weighted by Crippen LogP contribution is -2.51. The number of rotatable bonds is 4. The number of morpholine rings is 1. The smallest absolute Gasteiger partial charge is 0.236 e. The van der Waals surface area contributed by atoms with E-state index in [0.717, 1.165) is 56.6 Å². The maximum Gasteiger partial charge on any atom is 0.236 e. The van der Waals surface area contributed by atoms with Crippen LogP contribution in [0.1, 0.15) is 31.3 Å². The third-order valence-corrected chi connectivity index (χ3v) is 4.79. The zero-order valence-corrected chi connectivity index (χ0v) is 15.6. The van der Waals surface area contributed by atoms with Gasteiger partial charge < -0.3 is 14.5 Å². The molecule has 0 N–H and O–H groups in total. The highest BCUT2D eigenvalue weighted by Gasteiger charge is 2.24. The summed E-state index contributed by atoms with van der Waals surface area (Å²) in [5.41, 5.74) is 1.01. The van der Waals surface area contributed by atoms with E-state index < -0.39 is 0 Å². The van der Waals surface area contributed by atoms with E-state index in [0.29, 0.717) is 25.7 Å². The van der Waals surface area contributed by atoms with Gasteiger partial charge in [0.25, 0.3) is 0 Å². The molecule has 0 saturated carbocycles. The van der Waals surface area contributed by atoms with Crippen LogP contribution >= 0.6 is 0 Å². The molecule has 0 bridgehead atoms. The van der Waals surface area contributed by atoms with Crippen molar-refractivity contribution in [3.8, 4) is 0 Å². The topological polar surface area (TPSA) is 61.8 Å². The van der Waals surface area contributed by atoms with E-state index in [2.05, 4.69) is 34.7 Å². The second-order valence-electron chi connectivity index (χ2n) is 7.14. The first-order valence-corrected chi connectivity index (χ1v) is 9.21. The molecule has 25 heavy (non-hydrogen) atoms. The SMILES string of the molecule is Cc1cc(N2CCN(CC(=O)N3CCOCC3)CC2)nc(C(C)C)n1. The van der Waals surface area contributed by atoms with Crippen LogP contribution in [0.3, 0.4) is 0 Å². The molecule has 0 aromatic carbocycles. The minimum Gasteiger partial charge on any atom is -0.378 e. The van der Waals surface area contributed by atoms with Crippen LogP contribution in [0, 0.1) is 6.92 Å². The van der Waals surface area contributed by atoms with Crippen molar-refractivity contribution in [1.29, 1.82) is 0 Å². The molecule has 0 radical (unpaired) electrons. The number of ether oxygens (including phenoxy) is 1. The summed E-state index contributed by atoms with van der Waals surface area (Å²) in [6, 6.07) is 2.06. The summed E-state index contributed by atoms with van der Waals surface area (Å²) in [6.45, 7) is 13.1. The van der Waals surface area contributed by atoms with Crippen molar-refractivity contribution in [3.05, 3.63) is 17.6 Å². The van der Waals surface area contributed by atoms with Crippen LogP contribution in [-0.2, 0) is 9.53 Å². The Bertz CT molecular complexity index is 593. The van der Waals surface area contributed by atoms with E-state index in [4.69, 9.17) is 9.72 Å². The average molecular weight is 347 g/mol. The Kier molecular flexibility index (Phi) is 5.86. The van der Waals surface area contributed by atoms with Gasteiger partial charge in [-0.15, -0.1) is 0 Å². The number of hydrogen-bond donors (Lipinski definition) is 0. The zero-order valence-electron chi connectivity index (χ0n) is 15.6. The maximum atomic E-state index is 12.4. The Morgan fingerprint density at radius 1 is 1.12 bits per heavy atom. The Morgan fingerprint density at radius 2 is 1.80 bits per heavy atom. The first-order valence-electron chi connectivity index (χ1n) is 9.21. The highest BCUT2D eigenvalue weighted by atomic mass is 16.5. The zero-order chi connectivity index (χ0) is 17.8. The molecule has 0 unspecified atom stereocenters. The molecule has 1 aromatic heterocycles. The van der Waals surface area contributed by atoms with Crippen LogP contribution in [0.5, 0.6) is 0 Å². The molecule has 3 rings (SSSR count). The van der Waals surface area contributed by atoms with Gasteiger partial charge in [0.1, 0.15) is 11.6 Å². The molecule has 2 saturated heterocycles. The summed E-state index contributed by atoms with van der Waals surface area (Å²) < 4.78 is 5.31. The summed E-state index contributed by atoms with van der Waals surface area (Å²) in [7, 11) is 0. The molecular weight excluding hydrogens is 318 g/mol. The summed E-state index contributed by atoms with van der Waals surface area (Å²) in [4.78, 5) is 28.1. The second kappa shape index (κ2) is 8.10. The Hall–Kier alpha value is -1.73. The first kappa shape index (κ1) is 18.1. The number of amides is 1. The van der Waals surface area contributed by atoms with E-state index in [9.17, 15) is 4.79 Å². The predicted molar refractivity (Wildman–Crippen MR) is 96.9 cm³/mol. The fourth-order valence-corrected chi connectivity index (χ4v) is 3.23. The lowest BCUT2D eigenvalue weighted by atomic mass is 10.2. The minimum atomic E-state index is 0.219. The number of aryl methyl sites for hydroxylation is 1. The number of carbonyl (C=O) groups is 1. The number of nitrogens with zero attached hydrogens (tertiary/aromatic N) is 5. The highest BCUT2D eigenvalue weighted by Crippen LogP contribution is 2.18. The second-order valence-corrected chi connectivity index (χ2v) is 7.14. The van der Waals surface area contributed by atoms with Gasteiger partial charge in [-0.3, -0.25) is 9.69 Å². The van der Waals surface area contributed by atoms with Crippen LogP contribution in [0.4, 0.5) is 5.82 Å². The van der Waals surface area contributed by atoms with Crippen molar-refractivity contribution in [2.45, 2.75) is 26.7 Å². The quantitative estimate of drug-likeness (QED) is 0.806. The summed E-state index contributed by atoms with van der Waals surface area (Å²) in [6.07, 6.45) is 0. The van der Waals surface area contributed by atoms with Gasteiger partial charge in [-0.25, -0.2) is 9.97 Å². The van der Waals surface area contributed by atoms with Gasteiger partial charge >= 0.3 is 0 Å². The van der Waals surface area contributed by atoms with Gasteiger partial charge in [0.15, 0.2) is 0 Å². The van der Waals surface area contributed by atoms with Crippen molar-refractivity contribution in [3.63, 3.8) is 0 Å². The summed E-state index contributed by atoms with van der Waals surface area (Å²) in [5.74, 6) is 2.46. The molecule has 2 aliphatic heterocycles. The van der Waals surface area contributed by atoms with Crippen LogP contribution in [-0.4, -0.2) is 84.7 Å². The average Bonchev–Trinajstić information content (AvgIpc) is 2.62. The minimum absolute atomic E-state index is 0.219. The largest absolute Gasteiger partial charge is 0.378 e. The summed E-state index contributed by atoms with van der Waals surface area (Å²) in [5, 5.41) is 0. The number of carbonyl (C=O) groups excluding carboxylic acids is 1. The lowest BCUT2D eigenvalue weighted by molar-refractivity contribution is -0.136.